The lowest BCUT2D eigenvalue weighted by molar-refractivity contribution is 0.0633. The first-order valence-electron chi connectivity index (χ1n) is 25.4. The summed E-state index contributed by atoms with van der Waals surface area (Å²) in [6.07, 6.45) is 28.2. The molecule has 2 atom stereocenters. The van der Waals surface area contributed by atoms with Gasteiger partial charge in [-0.1, -0.05) is 182 Å². The minimum absolute atomic E-state index is 0.162. The first-order chi connectivity index (χ1) is 32.8. The van der Waals surface area contributed by atoms with Crippen LogP contribution in [0, 0.1) is 0 Å². The van der Waals surface area contributed by atoms with Gasteiger partial charge in [-0.2, -0.15) is 0 Å². The normalized spacial score (nSPS) is 10.4. The Morgan fingerprint density at radius 1 is 0.500 bits per heavy atom. The van der Waals surface area contributed by atoms with Gasteiger partial charge in [0.15, 0.2) is 0 Å². The fraction of sp³-hybridized carbons (Fsp3) is 0.837. The van der Waals surface area contributed by atoms with Crippen LogP contribution in [0.5, 0.6) is 0 Å². The van der Waals surface area contributed by atoms with Gasteiger partial charge in [-0.15, -0.1) is 10.0 Å². The lowest BCUT2D eigenvalue weighted by Gasteiger charge is -2.19. The number of aliphatic imine (C=N–C) groups is 1. The van der Waals surface area contributed by atoms with E-state index in [-0.39, 0.29) is 17.2 Å². The number of primary amides is 1. The Morgan fingerprint density at radius 3 is 1.24 bits per heavy atom. The minimum atomic E-state index is -1.17. The molecule has 0 spiro atoms. The molecule has 0 aliphatic heterocycles. The Kier molecular flexibility index (Phi) is 63.3. The Balaban J connectivity index is -0.000000285. The summed E-state index contributed by atoms with van der Waals surface area (Å²) >= 11 is 0. The molecule has 19 heteroatoms. The second-order valence-corrected chi connectivity index (χ2v) is 15.7. The molecule has 0 heterocycles. The van der Waals surface area contributed by atoms with Crippen LogP contribution in [0.25, 0.3) is 0 Å². The van der Waals surface area contributed by atoms with Crippen LogP contribution >= 0.6 is 0 Å². The molecule has 0 aliphatic rings. The van der Waals surface area contributed by atoms with Crippen molar-refractivity contribution in [1.82, 2.24) is 20.7 Å². The van der Waals surface area contributed by atoms with E-state index in [4.69, 9.17) is 15.2 Å². The third kappa shape index (κ3) is 53.5. The molecule has 68 heavy (non-hydrogen) atoms. The van der Waals surface area contributed by atoms with Gasteiger partial charge in [-0.05, 0) is 57.8 Å². The fourth-order valence-corrected chi connectivity index (χ4v) is 5.55. The molecule has 0 saturated carbocycles. The molecule has 4 N–H and O–H groups in total. The number of imide groups is 2. The smallest absolute Gasteiger partial charge is 0.440 e. The number of nitrogens with zero attached hydrogens (tertiary/aromatic N) is 5. The average molecular weight is 971 g/mol. The van der Waals surface area contributed by atoms with E-state index in [1.54, 1.807) is 0 Å². The van der Waals surface area contributed by atoms with Gasteiger partial charge < -0.3 is 30.6 Å². The number of carbonyl (C=O) groups is 5. The van der Waals surface area contributed by atoms with Crippen molar-refractivity contribution in [1.29, 1.82) is 0 Å². The van der Waals surface area contributed by atoms with Crippen molar-refractivity contribution in [3.8, 4) is 0 Å². The first kappa shape index (κ1) is 71.9. The molecular formula is C49H94N8O11. The molecule has 0 aromatic rings. The second-order valence-electron chi connectivity index (χ2n) is 15.7. The largest absolute Gasteiger partial charge is 0.453 e. The predicted molar refractivity (Wildman–Crippen MR) is 268 cm³/mol. The molecule has 19 nitrogen and oxygen atoms in total. The van der Waals surface area contributed by atoms with Gasteiger partial charge in [0.05, 0.1) is 13.7 Å². The highest BCUT2D eigenvalue weighted by Gasteiger charge is 2.26. The zero-order valence-corrected chi connectivity index (χ0v) is 44.0. The zero-order chi connectivity index (χ0) is 52.5. The highest BCUT2D eigenvalue weighted by molar-refractivity contribution is 5.91. The molecule has 0 aromatic heterocycles. The lowest BCUT2D eigenvalue weighted by atomic mass is 10.1. The van der Waals surface area contributed by atoms with Gasteiger partial charge in [0.2, 0.25) is 6.08 Å². The third-order valence-electron chi connectivity index (χ3n) is 9.67. The predicted octanol–water partition coefficient (Wildman–Crippen LogP) is 12.8. The van der Waals surface area contributed by atoms with E-state index >= 15 is 0 Å². The van der Waals surface area contributed by atoms with Crippen molar-refractivity contribution in [2.75, 3.05) is 26.7 Å². The molecule has 0 saturated heterocycles. The monoisotopic (exact) mass is 971 g/mol. The highest BCUT2D eigenvalue weighted by Crippen LogP contribution is 2.13. The van der Waals surface area contributed by atoms with Gasteiger partial charge in [0, 0.05) is 13.1 Å². The number of nitrogens with two attached hydrogens (primary N) is 1. The number of rotatable bonds is 32. The number of hydrazone groups is 2. The molecule has 2 unspecified atom stereocenters. The van der Waals surface area contributed by atoms with E-state index in [1.165, 1.54) is 89.9 Å². The molecule has 0 radical (unpaired) electrons. The van der Waals surface area contributed by atoms with Crippen LogP contribution in [0.4, 0.5) is 24.0 Å². The third-order valence-corrected chi connectivity index (χ3v) is 9.67. The summed E-state index contributed by atoms with van der Waals surface area (Å²) in [5, 5.41) is 11.7. The van der Waals surface area contributed by atoms with Crippen molar-refractivity contribution in [2.24, 2.45) is 20.9 Å². The number of hydrogen-bond donors (Lipinski definition) is 3. The molecule has 7 amide bonds. The Hall–Kier alpha value is -5.11. The van der Waals surface area contributed by atoms with Crippen molar-refractivity contribution >= 4 is 48.6 Å². The Labute approximate surface area is 409 Å². The van der Waals surface area contributed by atoms with Gasteiger partial charge in [0.1, 0.15) is 12.2 Å². The minimum Gasteiger partial charge on any atom is -0.453 e. The summed E-state index contributed by atoms with van der Waals surface area (Å²) < 4.78 is 14.8. The van der Waals surface area contributed by atoms with Crippen LogP contribution in [-0.4, -0.2) is 97.6 Å². The SMILES string of the molecule is CCCCCC.CCCCCC.CCCCCC(CC)OC(=O)N(N=C=O)C(=O)NCCCCCCNC(=O)OC.CCCCCC(CC)OC(=O)N(N=C=O)C(N)=O.CCCCCCN=C=O. The molecule has 0 aliphatic carbocycles. The first-order valence-corrected chi connectivity index (χ1v) is 25.4. The summed E-state index contributed by atoms with van der Waals surface area (Å²) in [4.78, 5) is 91.1. The number of unbranched alkanes of at least 4 members (excludes halogenated alkanes) is 16. The van der Waals surface area contributed by atoms with E-state index in [0.29, 0.717) is 56.7 Å². The lowest BCUT2D eigenvalue weighted by Crippen LogP contribution is -2.42. The van der Waals surface area contributed by atoms with Crippen LogP contribution in [0.3, 0.4) is 0 Å². The molecule has 0 rings (SSSR count). The van der Waals surface area contributed by atoms with E-state index in [2.05, 4.69) is 79.0 Å². The molecule has 0 fully saturated rings. The van der Waals surface area contributed by atoms with Crippen LogP contribution in [0.15, 0.2) is 15.2 Å². The van der Waals surface area contributed by atoms with Crippen molar-refractivity contribution in [3.05, 3.63) is 0 Å². The number of alkyl carbamates (subject to hydrolysis) is 1. The van der Waals surface area contributed by atoms with E-state index in [9.17, 15) is 38.4 Å². The van der Waals surface area contributed by atoms with E-state index in [0.717, 1.165) is 70.3 Å². The molecule has 0 aromatic carbocycles. The second kappa shape index (κ2) is 59.9. The van der Waals surface area contributed by atoms with Gasteiger partial charge >= 0.3 is 30.3 Å². The van der Waals surface area contributed by atoms with Gasteiger partial charge in [-0.3, -0.25) is 0 Å². The standard InChI is InChI=1S/C19H34N4O6.C11H19N3O4.C7H13NO.2C6H14/c1-4-6-9-12-16(5-2)29-19(27)23(22-15-24)17(25)20-13-10-7-8-11-14-21-18(26)28-3;1-3-5-6-7-9(4-2)18-11(17)14(10(12)16)13-8-15;1-2-3-4-5-6-8-7-9;2*1-3-5-6-4-2/h16H,4-14H2,1-3H3,(H,20,25)(H,21,26);9H,3-7H2,1-2H3,(H2,12,16);2-6H2,1H3;2*3-6H2,1-2H3. The zero-order valence-electron chi connectivity index (χ0n) is 44.0. The molecular weight excluding hydrogens is 877 g/mol. The van der Waals surface area contributed by atoms with E-state index < -0.39 is 30.3 Å². The van der Waals surface area contributed by atoms with Crippen molar-refractivity contribution in [3.63, 3.8) is 0 Å². The van der Waals surface area contributed by atoms with Crippen molar-refractivity contribution in [2.45, 2.75) is 241 Å². The fourth-order valence-electron chi connectivity index (χ4n) is 5.55. The maximum Gasteiger partial charge on any atom is 0.440 e. The number of carbonyl (C=O) groups excluding carboxylic acids is 8. The summed E-state index contributed by atoms with van der Waals surface area (Å²) in [6.45, 7) is 20.5. The number of isocyanates is 3. The Bertz CT molecular complexity index is 1340. The van der Waals surface area contributed by atoms with Gasteiger partial charge in [-0.25, -0.2) is 43.3 Å². The van der Waals surface area contributed by atoms with E-state index in [1.807, 2.05) is 13.8 Å². The van der Waals surface area contributed by atoms with Crippen LogP contribution < -0.4 is 16.4 Å². The number of urea groups is 2. The van der Waals surface area contributed by atoms with Crippen molar-refractivity contribution < 1.29 is 52.6 Å². The van der Waals surface area contributed by atoms with Crippen LogP contribution in [0.1, 0.15) is 229 Å². The summed E-state index contributed by atoms with van der Waals surface area (Å²) in [5.74, 6) is 0. The average Bonchev–Trinajstić information content (AvgIpc) is 3.34. The number of methoxy groups -OCH3 is 1. The summed E-state index contributed by atoms with van der Waals surface area (Å²) in [5.41, 5.74) is 4.88. The summed E-state index contributed by atoms with van der Waals surface area (Å²) in [7, 11) is 1.31. The quantitative estimate of drug-likeness (QED) is 0.0188. The Morgan fingerprint density at radius 2 is 0.868 bits per heavy atom. The van der Waals surface area contributed by atoms with Crippen LogP contribution in [-0.2, 0) is 28.6 Å². The topological polar surface area (TPSA) is 258 Å². The number of nitrogens with one attached hydrogen (secondary N) is 2. The summed E-state index contributed by atoms with van der Waals surface area (Å²) in [6, 6.07) is -2.00. The number of amides is 7. The number of hydrogen-bond acceptors (Lipinski definition) is 14. The molecule has 0 bridgehead atoms. The van der Waals surface area contributed by atoms with Crippen LogP contribution in [0.2, 0.25) is 0 Å². The maximum absolute atomic E-state index is 12.2. The highest BCUT2D eigenvalue weighted by atomic mass is 16.6. The maximum atomic E-state index is 12.2. The molecule has 396 valence electrons. The number of ether oxygens (including phenoxy) is 3. The van der Waals surface area contributed by atoms with Gasteiger partial charge in [0.25, 0.3) is 12.2 Å².